The van der Waals surface area contributed by atoms with Crippen molar-refractivity contribution in [2.24, 2.45) is 0 Å². The van der Waals surface area contributed by atoms with E-state index in [4.69, 9.17) is 0 Å². The third-order valence-electron chi connectivity index (χ3n) is 4.07. The first kappa shape index (κ1) is 18.1. The van der Waals surface area contributed by atoms with Crippen LogP contribution in [0.2, 0.25) is 0 Å². The number of nitrogens with one attached hydrogen (secondary N) is 2. The summed E-state index contributed by atoms with van der Waals surface area (Å²) in [7, 11) is 0. The first-order chi connectivity index (χ1) is 12.9. The van der Waals surface area contributed by atoms with Crippen molar-refractivity contribution in [3.05, 3.63) is 68.6 Å². The second kappa shape index (κ2) is 7.28. The van der Waals surface area contributed by atoms with Crippen LogP contribution < -0.4 is 26.6 Å². The summed E-state index contributed by atoms with van der Waals surface area (Å²) in [5.41, 5.74) is 1.89. The molecule has 1 heterocycles. The molecule has 138 valence electrons. The Labute approximate surface area is 154 Å². The highest BCUT2D eigenvalue weighted by Crippen LogP contribution is 2.31. The van der Waals surface area contributed by atoms with Crippen LogP contribution in [-0.2, 0) is 0 Å². The summed E-state index contributed by atoms with van der Waals surface area (Å²) in [6, 6.07) is 9.90. The minimum atomic E-state index is -0.706. The lowest BCUT2D eigenvalue weighted by Crippen LogP contribution is -2.42. The van der Waals surface area contributed by atoms with Gasteiger partial charge in [-0.3, -0.25) is 24.8 Å². The number of ketones is 1. The Bertz CT molecular complexity index is 1060. The topological polar surface area (TPSA) is 112 Å². The van der Waals surface area contributed by atoms with Gasteiger partial charge < -0.3 is 10.4 Å². The van der Waals surface area contributed by atoms with Crippen molar-refractivity contribution in [1.82, 2.24) is 4.98 Å². The number of aromatic nitrogens is 1. The smallest absolute Gasteiger partial charge is 0.255 e. The number of hydrazine groups is 1. The van der Waals surface area contributed by atoms with Gasteiger partial charge in [0.15, 0.2) is 5.78 Å². The highest BCUT2D eigenvalue weighted by Gasteiger charge is 2.24. The number of rotatable bonds is 7. The van der Waals surface area contributed by atoms with Crippen molar-refractivity contribution in [3.8, 4) is 5.75 Å². The number of pyridine rings is 1. The Hall–Kier alpha value is -3.68. The second-order valence-electron chi connectivity index (χ2n) is 5.84. The Morgan fingerprint density at radius 2 is 1.85 bits per heavy atom. The molecule has 0 unspecified atom stereocenters. The van der Waals surface area contributed by atoms with Crippen LogP contribution >= 0.6 is 0 Å². The van der Waals surface area contributed by atoms with E-state index in [2.05, 4.69) is 15.7 Å². The van der Waals surface area contributed by atoms with Crippen LogP contribution in [-0.4, -0.2) is 22.4 Å². The summed E-state index contributed by atoms with van der Waals surface area (Å²) in [5.74, 6) is -0.00621. The maximum absolute atomic E-state index is 12.0. The maximum Gasteiger partial charge on any atom is 0.255 e. The van der Waals surface area contributed by atoms with Gasteiger partial charge in [-0.05, 0) is 38.1 Å². The fraction of sp³-hybridized carbons (Fsp3) is 0.158. The number of aromatic hydroxyl groups is 1. The van der Waals surface area contributed by atoms with Gasteiger partial charge in [-0.15, -0.1) is 0 Å². The molecule has 0 aliphatic rings. The molecular formula is C19H18N4O4. The number of carbonyl (C=O) groups excluding carboxylic acids is 1. The van der Waals surface area contributed by atoms with Gasteiger partial charge in [-0.2, -0.15) is 0 Å². The SMILES string of the molecule is CCN(Nc1c(Nc2cccc(C(C)=O)c2O)c(=O)c1=O)c1ccccn1. The minimum Gasteiger partial charge on any atom is -0.505 e. The zero-order valence-electron chi connectivity index (χ0n) is 14.8. The number of para-hydroxylation sites is 1. The lowest BCUT2D eigenvalue weighted by molar-refractivity contribution is 0.101. The van der Waals surface area contributed by atoms with E-state index < -0.39 is 10.9 Å². The number of hydrogen-bond donors (Lipinski definition) is 3. The largest absolute Gasteiger partial charge is 0.505 e. The summed E-state index contributed by atoms with van der Waals surface area (Å²) in [6.07, 6.45) is 1.62. The van der Waals surface area contributed by atoms with Gasteiger partial charge in [0.1, 0.15) is 22.9 Å². The number of hydrogen-bond acceptors (Lipinski definition) is 8. The van der Waals surface area contributed by atoms with E-state index in [1.807, 2.05) is 6.92 Å². The lowest BCUT2D eigenvalue weighted by Gasteiger charge is -2.25. The zero-order chi connectivity index (χ0) is 19.6. The van der Waals surface area contributed by atoms with Crippen LogP contribution in [0.4, 0.5) is 22.9 Å². The molecule has 2 aromatic carbocycles. The number of phenols is 1. The average molecular weight is 366 g/mol. The maximum atomic E-state index is 12.0. The Kier molecular flexibility index (Phi) is 4.89. The van der Waals surface area contributed by atoms with Crippen molar-refractivity contribution >= 4 is 28.7 Å². The fourth-order valence-corrected chi connectivity index (χ4v) is 2.63. The average Bonchev–Trinajstić information content (AvgIpc) is 2.68. The molecule has 27 heavy (non-hydrogen) atoms. The molecule has 8 nitrogen and oxygen atoms in total. The summed E-state index contributed by atoms with van der Waals surface area (Å²) < 4.78 is 0. The van der Waals surface area contributed by atoms with Gasteiger partial charge in [-0.25, -0.2) is 4.98 Å². The molecule has 0 bridgehead atoms. The monoisotopic (exact) mass is 366 g/mol. The molecule has 3 N–H and O–H groups in total. The van der Waals surface area contributed by atoms with Crippen molar-refractivity contribution < 1.29 is 9.90 Å². The molecule has 0 aliphatic carbocycles. The number of nitrogens with zero attached hydrogens (tertiary/aromatic N) is 2. The van der Waals surface area contributed by atoms with Crippen LogP contribution in [0.1, 0.15) is 24.2 Å². The van der Waals surface area contributed by atoms with E-state index in [1.165, 1.54) is 19.1 Å². The molecule has 0 fully saturated rings. The predicted octanol–water partition coefficient (Wildman–Crippen LogP) is 2.18. The highest BCUT2D eigenvalue weighted by atomic mass is 16.3. The summed E-state index contributed by atoms with van der Waals surface area (Å²) in [4.78, 5) is 39.8. The fourth-order valence-electron chi connectivity index (χ4n) is 2.63. The molecule has 0 saturated carbocycles. The van der Waals surface area contributed by atoms with Crippen molar-refractivity contribution in [2.75, 3.05) is 22.3 Å². The summed E-state index contributed by atoms with van der Waals surface area (Å²) in [6.45, 7) is 3.68. The first-order valence-electron chi connectivity index (χ1n) is 8.32. The number of Topliss-reactive ketones (excluding diaryl/α,β-unsaturated/α-hetero) is 1. The molecule has 0 spiro atoms. The number of anilines is 4. The molecule has 0 radical (unpaired) electrons. The van der Waals surface area contributed by atoms with E-state index >= 15 is 0 Å². The van der Waals surface area contributed by atoms with E-state index in [0.717, 1.165) is 0 Å². The second-order valence-corrected chi connectivity index (χ2v) is 5.84. The number of carbonyl (C=O) groups is 1. The summed E-state index contributed by atoms with van der Waals surface area (Å²) in [5, 5.41) is 14.6. The summed E-state index contributed by atoms with van der Waals surface area (Å²) >= 11 is 0. The molecule has 0 atom stereocenters. The highest BCUT2D eigenvalue weighted by molar-refractivity contribution is 5.99. The zero-order valence-corrected chi connectivity index (χ0v) is 14.8. The Morgan fingerprint density at radius 3 is 2.48 bits per heavy atom. The Balaban J connectivity index is 1.91. The van der Waals surface area contributed by atoms with Gasteiger partial charge in [0.05, 0.1) is 11.3 Å². The van der Waals surface area contributed by atoms with Crippen LogP contribution in [0.5, 0.6) is 5.75 Å². The predicted molar refractivity (Wildman–Crippen MR) is 104 cm³/mol. The van der Waals surface area contributed by atoms with Crippen molar-refractivity contribution in [2.45, 2.75) is 13.8 Å². The normalized spacial score (nSPS) is 10.6. The standard InChI is InChI=1S/C19H18N4O4/c1-3-23(14-9-4-5-10-20-14)22-16-15(18(26)19(16)27)21-13-8-6-7-12(11(2)24)17(13)25/h4-10,21-22,25H,3H2,1-2H3. The quantitative estimate of drug-likeness (QED) is 0.252. The van der Waals surface area contributed by atoms with Crippen LogP contribution in [0.3, 0.4) is 0 Å². The van der Waals surface area contributed by atoms with Gasteiger partial charge in [0.25, 0.3) is 10.9 Å². The van der Waals surface area contributed by atoms with E-state index in [9.17, 15) is 19.5 Å². The molecule has 3 rings (SSSR count). The van der Waals surface area contributed by atoms with Crippen molar-refractivity contribution in [3.63, 3.8) is 0 Å². The molecule has 8 heteroatoms. The molecule has 3 aromatic rings. The molecule has 0 saturated heterocycles. The third kappa shape index (κ3) is 3.37. The van der Waals surface area contributed by atoms with E-state index in [0.29, 0.717) is 12.4 Å². The van der Waals surface area contributed by atoms with Gasteiger partial charge >= 0.3 is 0 Å². The Morgan fingerprint density at radius 1 is 1.11 bits per heavy atom. The van der Waals surface area contributed by atoms with Gasteiger partial charge in [0.2, 0.25) is 0 Å². The number of benzene rings is 1. The first-order valence-corrected chi connectivity index (χ1v) is 8.32. The number of phenolic OH excluding ortho intramolecular Hbond substituents is 1. The third-order valence-corrected chi connectivity index (χ3v) is 4.07. The lowest BCUT2D eigenvalue weighted by atomic mass is 10.1. The minimum absolute atomic E-state index is 0.0189. The molecule has 0 amide bonds. The van der Waals surface area contributed by atoms with E-state index in [1.54, 1.807) is 35.5 Å². The van der Waals surface area contributed by atoms with Gasteiger partial charge in [0, 0.05) is 12.7 Å². The van der Waals surface area contributed by atoms with Crippen molar-refractivity contribution in [1.29, 1.82) is 0 Å². The molecule has 1 aromatic heterocycles. The van der Waals surface area contributed by atoms with E-state index in [-0.39, 0.29) is 34.2 Å². The van der Waals surface area contributed by atoms with Crippen LogP contribution in [0.15, 0.2) is 52.2 Å². The molecular weight excluding hydrogens is 348 g/mol. The molecule has 0 aliphatic heterocycles. The van der Waals surface area contributed by atoms with Crippen LogP contribution in [0.25, 0.3) is 0 Å². The van der Waals surface area contributed by atoms with Gasteiger partial charge in [-0.1, -0.05) is 12.1 Å². The van der Waals surface area contributed by atoms with Crippen LogP contribution in [0, 0.1) is 0 Å².